The normalized spacial score (nSPS) is 22.3. The van der Waals surface area contributed by atoms with E-state index in [-0.39, 0.29) is 17.9 Å². The number of hydrogen-bond donors (Lipinski definition) is 1. The second-order valence-corrected chi connectivity index (χ2v) is 4.91. The Labute approximate surface area is 117 Å². The van der Waals surface area contributed by atoms with Gasteiger partial charge in [-0.3, -0.25) is 14.9 Å². The van der Waals surface area contributed by atoms with Gasteiger partial charge in [0.25, 0.3) is 5.91 Å². The molecule has 6 heteroatoms. The smallest absolute Gasteiger partial charge is 0.289 e. The minimum absolute atomic E-state index is 0.0869. The molecule has 0 unspecified atom stereocenters. The minimum atomic E-state index is -0.206. The summed E-state index contributed by atoms with van der Waals surface area (Å²) in [4.78, 5) is 27.8. The molecule has 0 spiro atoms. The van der Waals surface area contributed by atoms with Crippen molar-refractivity contribution in [2.24, 2.45) is 0 Å². The molecule has 1 N–H and O–H groups in total. The number of piperazine rings is 1. The number of hydrogen-bond acceptors (Lipinski definition) is 4. The predicted octanol–water partition coefficient (Wildman–Crippen LogP) is 0.0920. The zero-order valence-electron chi connectivity index (χ0n) is 11.1. The number of carbonyl (C=O) groups is 2. The maximum absolute atomic E-state index is 12.2. The summed E-state index contributed by atoms with van der Waals surface area (Å²) in [5.41, 5.74) is 0. The van der Waals surface area contributed by atoms with Crippen LogP contribution in [0.15, 0.2) is 35.0 Å². The molecule has 2 aliphatic rings. The van der Waals surface area contributed by atoms with Crippen molar-refractivity contribution in [3.63, 3.8) is 0 Å². The highest BCUT2D eigenvalue weighted by Crippen LogP contribution is 2.11. The molecular formula is C14H17N3O3. The van der Waals surface area contributed by atoms with Crippen LogP contribution >= 0.6 is 0 Å². The third-order valence-corrected chi connectivity index (χ3v) is 3.66. The van der Waals surface area contributed by atoms with Crippen LogP contribution in [-0.4, -0.2) is 60.4 Å². The summed E-state index contributed by atoms with van der Waals surface area (Å²) >= 11 is 0. The van der Waals surface area contributed by atoms with Gasteiger partial charge < -0.3 is 14.2 Å². The predicted molar refractivity (Wildman–Crippen MR) is 72.1 cm³/mol. The molecule has 1 atom stereocenters. The molecule has 2 aliphatic heterocycles. The fourth-order valence-electron chi connectivity index (χ4n) is 2.52. The molecule has 1 aromatic rings. The van der Waals surface area contributed by atoms with Crippen LogP contribution in [0, 0.1) is 0 Å². The second-order valence-electron chi connectivity index (χ2n) is 4.91. The van der Waals surface area contributed by atoms with Gasteiger partial charge in [-0.2, -0.15) is 0 Å². The van der Waals surface area contributed by atoms with Gasteiger partial charge in [-0.25, -0.2) is 0 Å². The standard InChI is InChI=1S/C14H17N3O3/c18-13(11-3-1-5-15-11)16-6-8-17(9-7-16)14(19)12-4-2-10-20-12/h1-4,10-11,15H,5-9H2/t11-/m1/s1. The van der Waals surface area contributed by atoms with E-state index in [1.54, 1.807) is 21.9 Å². The largest absolute Gasteiger partial charge is 0.459 e. The molecule has 1 saturated heterocycles. The first-order valence-corrected chi connectivity index (χ1v) is 6.77. The van der Waals surface area contributed by atoms with E-state index in [9.17, 15) is 9.59 Å². The fraction of sp³-hybridized carbons (Fsp3) is 0.429. The van der Waals surface area contributed by atoms with Crippen molar-refractivity contribution in [1.29, 1.82) is 0 Å². The number of carbonyl (C=O) groups excluding carboxylic acids is 2. The van der Waals surface area contributed by atoms with Crippen molar-refractivity contribution >= 4 is 11.8 Å². The van der Waals surface area contributed by atoms with Gasteiger partial charge in [-0.15, -0.1) is 0 Å². The van der Waals surface area contributed by atoms with E-state index < -0.39 is 0 Å². The lowest BCUT2D eigenvalue weighted by molar-refractivity contribution is -0.133. The first-order valence-electron chi connectivity index (χ1n) is 6.77. The summed E-state index contributed by atoms with van der Waals surface area (Å²) in [6.45, 7) is 2.96. The molecule has 0 saturated carbocycles. The molecule has 1 fully saturated rings. The van der Waals surface area contributed by atoms with Crippen LogP contribution in [0.25, 0.3) is 0 Å². The van der Waals surface area contributed by atoms with Gasteiger partial charge in [0.15, 0.2) is 5.76 Å². The maximum Gasteiger partial charge on any atom is 0.289 e. The Morgan fingerprint density at radius 1 is 1.20 bits per heavy atom. The summed E-state index contributed by atoms with van der Waals surface area (Å²) in [7, 11) is 0. The Morgan fingerprint density at radius 2 is 1.95 bits per heavy atom. The number of rotatable bonds is 2. The van der Waals surface area contributed by atoms with Crippen LogP contribution in [0.3, 0.4) is 0 Å². The van der Waals surface area contributed by atoms with Gasteiger partial charge >= 0.3 is 0 Å². The van der Waals surface area contributed by atoms with E-state index in [1.165, 1.54) is 6.26 Å². The second kappa shape index (κ2) is 5.50. The molecule has 0 bridgehead atoms. The lowest BCUT2D eigenvalue weighted by atomic mass is 10.2. The van der Waals surface area contributed by atoms with Crippen LogP contribution < -0.4 is 5.32 Å². The summed E-state index contributed by atoms with van der Waals surface area (Å²) in [6.07, 6.45) is 5.34. The average molecular weight is 275 g/mol. The van der Waals surface area contributed by atoms with E-state index >= 15 is 0 Å². The van der Waals surface area contributed by atoms with Crippen molar-refractivity contribution in [3.05, 3.63) is 36.3 Å². The van der Waals surface area contributed by atoms with Crippen LogP contribution in [-0.2, 0) is 4.79 Å². The Bertz CT molecular complexity index is 516. The molecule has 20 heavy (non-hydrogen) atoms. The van der Waals surface area contributed by atoms with Gasteiger partial charge in [0.1, 0.15) is 6.04 Å². The number of amides is 2. The van der Waals surface area contributed by atoms with Crippen molar-refractivity contribution in [3.8, 4) is 0 Å². The third kappa shape index (κ3) is 2.46. The summed E-state index contributed by atoms with van der Waals surface area (Å²) in [6, 6.07) is 3.15. The number of furan rings is 1. The average Bonchev–Trinajstić information content (AvgIpc) is 3.18. The third-order valence-electron chi connectivity index (χ3n) is 3.66. The highest BCUT2D eigenvalue weighted by Gasteiger charge is 2.29. The van der Waals surface area contributed by atoms with Crippen molar-refractivity contribution < 1.29 is 14.0 Å². The Balaban J connectivity index is 1.55. The van der Waals surface area contributed by atoms with E-state index in [4.69, 9.17) is 4.42 Å². The highest BCUT2D eigenvalue weighted by molar-refractivity contribution is 5.91. The Morgan fingerprint density at radius 3 is 2.55 bits per heavy atom. The van der Waals surface area contributed by atoms with E-state index in [1.807, 2.05) is 12.2 Å². The maximum atomic E-state index is 12.2. The molecule has 3 heterocycles. The summed E-state index contributed by atoms with van der Waals surface area (Å²) in [5, 5.41) is 3.11. The van der Waals surface area contributed by atoms with Crippen LogP contribution in [0.2, 0.25) is 0 Å². The Hall–Kier alpha value is -2.08. The number of nitrogens with zero attached hydrogens (tertiary/aromatic N) is 2. The monoisotopic (exact) mass is 275 g/mol. The Kier molecular flexibility index (Phi) is 3.56. The topological polar surface area (TPSA) is 65.8 Å². The van der Waals surface area contributed by atoms with E-state index in [0.29, 0.717) is 31.9 Å². The van der Waals surface area contributed by atoms with Gasteiger partial charge in [-0.05, 0) is 12.1 Å². The van der Waals surface area contributed by atoms with Crippen LogP contribution in [0.5, 0.6) is 0 Å². The lowest BCUT2D eigenvalue weighted by Crippen LogP contribution is -2.54. The van der Waals surface area contributed by atoms with Crippen molar-refractivity contribution in [2.75, 3.05) is 32.7 Å². The molecule has 1 aromatic heterocycles. The molecule has 2 amide bonds. The SMILES string of the molecule is O=C(c1ccco1)N1CCN(C(=O)[C@H]2C=CCN2)CC1. The molecule has 6 nitrogen and oxygen atoms in total. The fourth-order valence-corrected chi connectivity index (χ4v) is 2.52. The molecule has 3 rings (SSSR count). The zero-order chi connectivity index (χ0) is 13.9. The van der Waals surface area contributed by atoms with Gasteiger partial charge in [0.2, 0.25) is 5.91 Å². The van der Waals surface area contributed by atoms with Crippen LogP contribution in [0.4, 0.5) is 0 Å². The first-order chi connectivity index (χ1) is 9.75. The van der Waals surface area contributed by atoms with Gasteiger partial charge in [0.05, 0.1) is 6.26 Å². The lowest BCUT2D eigenvalue weighted by Gasteiger charge is -2.35. The van der Waals surface area contributed by atoms with Crippen molar-refractivity contribution in [2.45, 2.75) is 6.04 Å². The van der Waals surface area contributed by atoms with Gasteiger partial charge in [0, 0.05) is 32.7 Å². The molecule has 0 aliphatic carbocycles. The molecule has 0 aromatic carbocycles. The molecular weight excluding hydrogens is 258 g/mol. The highest BCUT2D eigenvalue weighted by atomic mass is 16.3. The first kappa shape index (κ1) is 12.9. The van der Waals surface area contributed by atoms with Crippen molar-refractivity contribution in [1.82, 2.24) is 15.1 Å². The zero-order valence-corrected chi connectivity index (χ0v) is 11.1. The summed E-state index contributed by atoms with van der Waals surface area (Å²) in [5.74, 6) is 0.329. The van der Waals surface area contributed by atoms with E-state index in [0.717, 1.165) is 6.54 Å². The number of nitrogens with one attached hydrogen (secondary N) is 1. The van der Waals surface area contributed by atoms with E-state index in [2.05, 4.69) is 5.32 Å². The summed E-state index contributed by atoms with van der Waals surface area (Å²) < 4.78 is 5.11. The minimum Gasteiger partial charge on any atom is -0.459 e. The molecule has 0 radical (unpaired) electrons. The molecule has 106 valence electrons. The van der Waals surface area contributed by atoms with Crippen LogP contribution in [0.1, 0.15) is 10.6 Å². The van der Waals surface area contributed by atoms with Gasteiger partial charge in [-0.1, -0.05) is 12.2 Å². The quantitative estimate of drug-likeness (QED) is 0.777.